The molecule has 0 saturated carbocycles. The van der Waals surface area contributed by atoms with Gasteiger partial charge in [0.15, 0.2) is 0 Å². The van der Waals surface area contributed by atoms with Crippen molar-refractivity contribution in [2.24, 2.45) is 0 Å². The molecule has 5 heteroatoms. The molecule has 0 aliphatic carbocycles. The molecule has 0 aliphatic heterocycles. The molecule has 0 aliphatic rings. The van der Waals surface area contributed by atoms with Crippen molar-refractivity contribution in [1.29, 1.82) is 0 Å². The van der Waals surface area contributed by atoms with E-state index in [0.29, 0.717) is 12.1 Å². The SMILES string of the molecule is CCc1cccc(C(C)C)c1NS(=O)(=O)O. The number of nitrogens with one attached hydrogen (secondary N) is 1. The number of aryl methyl sites for hydroxylation is 1. The summed E-state index contributed by atoms with van der Waals surface area (Å²) in [7, 11) is -4.22. The first-order chi connectivity index (χ1) is 7.35. The van der Waals surface area contributed by atoms with Gasteiger partial charge in [-0.3, -0.25) is 9.27 Å². The largest absolute Gasteiger partial charge is 0.357 e. The summed E-state index contributed by atoms with van der Waals surface area (Å²) < 4.78 is 32.8. The average Bonchev–Trinajstić information content (AvgIpc) is 2.15. The minimum absolute atomic E-state index is 0.191. The molecule has 0 unspecified atom stereocenters. The van der Waals surface area contributed by atoms with Gasteiger partial charge in [0.1, 0.15) is 0 Å². The molecule has 0 radical (unpaired) electrons. The first kappa shape index (κ1) is 13.0. The normalized spacial score (nSPS) is 11.8. The summed E-state index contributed by atoms with van der Waals surface area (Å²) in [6, 6.07) is 5.60. The van der Waals surface area contributed by atoms with E-state index in [9.17, 15) is 8.42 Å². The standard InChI is InChI=1S/C11H17NO3S/c1-4-9-6-5-7-10(8(2)3)11(9)12-16(13,14)15/h5-8,12H,4H2,1-3H3,(H,13,14,15). The van der Waals surface area contributed by atoms with E-state index in [1.54, 1.807) is 0 Å². The summed E-state index contributed by atoms with van der Waals surface area (Å²) in [6.45, 7) is 5.89. The summed E-state index contributed by atoms with van der Waals surface area (Å²) >= 11 is 0. The summed E-state index contributed by atoms with van der Waals surface area (Å²) in [6.07, 6.45) is 0.707. The minimum Gasteiger partial charge on any atom is -0.269 e. The Hall–Kier alpha value is -1.07. The molecule has 0 spiro atoms. The number of rotatable bonds is 4. The van der Waals surface area contributed by atoms with Gasteiger partial charge in [0.2, 0.25) is 0 Å². The van der Waals surface area contributed by atoms with Crippen LogP contribution in [0.4, 0.5) is 5.69 Å². The lowest BCUT2D eigenvalue weighted by Gasteiger charge is -2.16. The van der Waals surface area contributed by atoms with Crippen LogP contribution in [0, 0.1) is 0 Å². The minimum atomic E-state index is -4.22. The molecule has 1 rings (SSSR count). The van der Waals surface area contributed by atoms with Crippen LogP contribution in [0.25, 0.3) is 0 Å². The third kappa shape index (κ3) is 3.21. The Morgan fingerprint density at radius 3 is 2.44 bits per heavy atom. The van der Waals surface area contributed by atoms with Crippen LogP contribution in [0.5, 0.6) is 0 Å². The smallest absolute Gasteiger partial charge is 0.269 e. The van der Waals surface area contributed by atoms with Gasteiger partial charge in [-0.05, 0) is 23.5 Å². The number of benzene rings is 1. The quantitative estimate of drug-likeness (QED) is 0.799. The van der Waals surface area contributed by atoms with Crippen LogP contribution >= 0.6 is 0 Å². The highest BCUT2D eigenvalue weighted by Crippen LogP contribution is 2.28. The Bertz CT molecular complexity index is 466. The lowest BCUT2D eigenvalue weighted by Crippen LogP contribution is -2.14. The number of para-hydroxylation sites is 1. The molecule has 0 atom stereocenters. The maximum atomic E-state index is 10.9. The molecule has 1 aromatic rings. The summed E-state index contributed by atoms with van der Waals surface area (Å²) in [5.41, 5.74) is 2.27. The summed E-state index contributed by atoms with van der Waals surface area (Å²) in [4.78, 5) is 0. The molecule has 0 bridgehead atoms. The zero-order valence-electron chi connectivity index (χ0n) is 9.69. The Morgan fingerprint density at radius 1 is 1.38 bits per heavy atom. The lowest BCUT2D eigenvalue weighted by molar-refractivity contribution is 0.489. The maximum absolute atomic E-state index is 10.9. The van der Waals surface area contributed by atoms with Crippen LogP contribution in [-0.2, 0) is 16.7 Å². The van der Waals surface area contributed by atoms with Crippen LogP contribution in [0.15, 0.2) is 18.2 Å². The van der Waals surface area contributed by atoms with Crippen molar-refractivity contribution in [1.82, 2.24) is 0 Å². The zero-order chi connectivity index (χ0) is 12.3. The van der Waals surface area contributed by atoms with Gasteiger partial charge in [-0.15, -0.1) is 0 Å². The fraction of sp³-hybridized carbons (Fsp3) is 0.455. The van der Waals surface area contributed by atoms with Gasteiger partial charge in [0, 0.05) is 0 Å². The Balaban J connectivity index is 3.30. The number of anilines is 1. The van der Waals surface area contributed by atoms with Crippen LogP contribution in [-0.4, -0.2) is 13.0 Å². The number of hydrogen-bond acceptors (Lipinski definition) is 2. The van der Waals surface area contributed by atoms with Crippen LogP contribution < -0.4 is 4.72 Å². The lowest BCUT2D eigenvalue weighted by atomic mass is 9.97. The van der Waals surface area contributed by atoms with Crippen LogP contribution in [0.3, 0.4) is 0 Å². The first-order valence-electron chi connectivity index (χ1n) is 5.22. The van der Waals surface area contributed by atoms with E-state index < -0.39 is 10.3 Å². The first-order valence-corrected chi connectivity index (χ1v) is 6.66. The second-order valence-electron chi connectivity index (χ2n) is 3.97. The predicted molar refractivity (Wildman–Crippen MR) is 65.1 cm³/mol. The van der Waals surface area contributed by atoms with Crippen molar-refractivity contribution in [2.75, 3.05) is 4.72 Å². The van der Waals surface area contributed by atoms with E-state index in [2.05, 4.69) is 4.72 Å². The third-order valence-corrected chi connectivity index (χ3v) is 2.88. The van der Waals surface area contributed by atoms with Gasteiger partial charge in [-0.2, -0.15) is 8.42 Å². The van der Waals surface area contributed by atoms with Gasteiger partial charge in [0.05, 0.1) is 5.69 Å². The van der Waals surface area contributed by atoms with E-state index in [1.807, 2.05) is 39.0 Å². The predicted octanol–water partition coefficient (Wildman–Crippen LogP) is 2.59. The van der Waals surface area contributed by atoms with E-state index in [1.165, 1.54) is 0 Å². The Kier molecular flexibility index (Phi) is 3.93. The maximum Gasteiger partial charge on any atom is 0.357 e. The fourth-order valence-electron chi connectivity index (χ4n) is 1.65. The fourth-order valence-corrected chi connectivity index (χ4v) is 2.16. The molecule has 16 heavy (non-hydrogen) atoms. The van der Waals surface area contributed by atoms with E-state index in [0.717, 1.165) is 11.1 Å². The molecule has 0 fully saturated rings. The third-order valence-electron chi connectivity index (χ3n) is 2.42. The van der Waals surface area contributed by atoms with Crippen molar-refractivity contribution in [3.63, 3.8) is 0 Å². The van der Waals surface area contributed by atoms with Crippen molar-refractivity contribution in [3.05, 3.63) is 29.3 Å². The highest BCUT2D eigenvalue weighted by Gasteiger charge is 2.14. The van der Waals surface area contributed by atoms with Crippen molar-refractivity contribution >= 4 is 16.0 Å². The van der Waals surface area contributed by atoms with Crippen LogP contribution in [0.1, 0.15) is 37.8 Å². The van der Waals surface area contributed by atoms with Crippen molar-refractivity contribution < 1.29 is 13.0 Å². The van der Waals surface area contributed by atoms with Gasteiger partial charge < -0.3 is 0 Å². The average molecular weight is 243 g/mol. The topological polar surface area (TPSA) is 66.4 Å². The van der Waals surface area contributed by atoms with Gasteiger partial charge in [0.25, 0.3) is 0 Å². The molecule has 90 valence electrons. The molecule has 0 heterocycles. The molecule has 0 saturated heterocycles. The van der Waals surface area contributed by atoms with Gasteiger partial charge in [-0.1, -0.05) is 39.0 Å². The van der Waals surface area contributed by atoms with Crippen molar-refractivity contribution in [2.45, 2.75) is 33.1 Å². The van der Waals surface area contributed by atoms with Gasteiger partial charge >= 0.3 is 10.3 Å². The van der Waals surface area contributed by atoms with E-state index >= 15 is 0 Å². The summed E-state index contributed by atoms with van der Waals surface area (Å²) in [5.74, 6) is 0.191. The molecule has 2 N–H and O–H groups in total. The van der Waals surface area contributed by atoms with E-state index in [-0.39, 0.29) is 5.92 Å². The Morgan fingerprint density at radius 2 is 2.00 bits per heavy atom. The molecule has 4 nitrogen and oxygen atoms in total. The zero-order valence-corrected chi connectivity index (χ0v) is 10.5. The summed E-state index contributed by atoms with van der Waals surface area (Å²) in [5, 5.41) is 0. The molecule has 0 aromatic heterocycles. The highest BCUT2D eigenvalue weighted by molar-refractivity contribution is 7.87. The molecule has 1 aromatic carbocycles. The molecular weight excluding hydrogens is 226 g/mol. The van der Waals surface area contributed by atoms with Crippen molar-refractivity contribution in [3.8, 4) is 0 Å². The number of hydrogen-bond donors (Lipinski definition) is 2. The van der Waals surface area contributed by atoms with Crippen LogP contribution in [0.2, 0.25) is 0 Å². The highest BCUT2D eigenvalue weighted by atomic mass is 32.2. The molecule has 0 amide bonds. The second kappa shape index (κ2) is 4.84. The van der Waals surface area contributed by atoms with Gasteiger partial charge in [-0.25, -0.2) is 0 Å². The Labute approximate surface area is 96.6 Å². The molecular formula is C11H17NO3S. The van der Waals surface area contributed by atoms with E-state index in [4.69, 9.17) is 4.55 Å². The second-order valence-corrected chi connectivity index (χ2v) is 5.12. The monoisotopic (exact) mass is 243 g/mol.